The van der Waals surface area contributed by atoms with Gasteiger partial charge in [-0.1, -0.05) is 0 Å². The van der Waals surface area contributed by atoms with Gasteiger partial charge in [0.05, 0.1) is 5.56 Å². The number of thioether (sulfide) groups is 1. The molecule has 0 radical (unpaired) electrons. The molecule has 1 rings (SSSR count). The molecule has 0 spiro atoms. The van der Waals surface area contributed by atoms with Crippen LogP contribution in [0.15, 0.2) is 23.1 Å². The molecule has 5 heteroatoms. The summed E-state index contributed by atoms with van der Waals surface area (Å²) in [7, 11) is 0. The molecule has 1 aromatic carbocycles. The van der Waals surface area contributed by atoms with Crippen molar-refractivity contribution in [3.05, 3.63) is 29.6 Å². The summed E-state index contributed by atoms with van der Waals surface area (Å²) in [5, 5.41) is 2.77. The van der Waals surface area contributed by atoms with E-state index in [1.165, 1.54) is 18.2 Å². The van der Waals surface area contributed by atoms with E-state index in [-0.39, 0.29) is 17.5 Å². The smallest absolute Gasteiger partial charge is 0.254 e. The van der Waals surface area contributed by atoms with E-state index in [2.05, 4.69) is 17.9 Å². The molecule has 0 saturated carbocycles. The summed E-state index contributed by atoms with van der Waals surface area (Å²) in [4.78, 5) is 12.4. The third-order valence-electron chi connectivity index (χ3n) is 2.33. The highest BCUT2D eigenvalue weighted by atomic mass is 32.2. The van der Waals surface area contributed by atoms with E-state index in [1.807, 2.05) is 13.2 Å². The van der Waals surface area contributed by atoms with Crippen LogP contribution in [0.25, 0.3) is 0 Å². The van der Waals surface area contributed by atoms with Gasteiger partial charge in [-0.05, 0) is 43.6 Å². The summed E-state index contributed by atoms with van der Waals surface area (Å²) in [6.07, 6.45) is 2.88. The molecule has 1 aromatic rings. The number of rotatable bonds is 5. The molecule has 0 aromatic heterocycles. The zero-order valence-electron chi connectivity index (χ0n) is 9.87. The Morgan fingerprint density at radius 1 is 1.59 bits per heavy atom. The molecule has 1 N–H and O–H groups in total. The van der Waals surface area contributed by atoms with Gasteiger partial charge in [-0.2, -0.15) is 11.8 Å². The van der Waals surface area contributed by atoms with E-state index >= 15 is 0 Å². The summed E-state index contributed by atoms with van der Waals surface area (Å²) in [5.74, 6) is 0.0701. The molecule has 0 heterocycles. The molecule has 0 aliphatic rings. The van der Waals surface area contributed by atoms with Gasteiger partial charge in [0.25, 0.3) is 5.91 Å². The maximum absolute atomic E-state index is 13.4. The fourth-order valence-corrected chi connectivity index (χ4v) is 2.15. The van der Waals surface area contributed by atoms with Crippen LogP contribution in [0.2, 0.25) is 0 Å². The number of halogens is 1. The first-order valence-corrected chi connectivity index (χ1v) is 7.17. The zero-order chi connectivity index (χ0) is 12.8. The van der Waals surface area contributed by atoms with Gasteiger partial charge < -0.3 is 5.32 Å². The normalized spacial score (nSPS) is 12.2. The van der Waals surface area contributed by atoms with Crippen LogP contribution in [0.4, 0.5) is 4.39 Å². The Bertz CT molecular complexity index is 398. The van der Waals surface area contributed by atoms with Gasteiger partial charge in [0.1, 0.15) is 5.82 Å². The third-order valence-corrected chi connectivity index (χ3v) is 3.25. The summed E-state index contributed by atoms with van der Waals surface area (Å²) >= 11 is 5.81. The van der Waals surface area contributed by atoms with Gasteiger partial charge >= 0.3 is 0 Å². The van der Waals surface area contributed by atoms with Crippen molar-refractivity contribution in [3.63, 3.8) is 0 Å². The fraction of sp³-hybridized carbons (Fsp3) is 0.417. The molecule has 94 valence electrons. The van der Waals surface area contributed by atoms with Crippen molar-refractivity contribution in [2.75, 3.05) is 12.0 Å². The maximum atomic E-state index is 13.4. The molecule has 17 heavy (non-hydrogen) atoms. The number of benzene rings is 1. The van der Waals surface area contributed by atoms with Crippen LogP contribution < -0.4 is 5.32 Å². The summed E-state index contributed by atoms with van der Waals surface area (Å²) < 4.78 is 13.4. The number of thiol groups is 1. The topological polar surface area (TPSA) is 29.1 Å². The van der Waals surface area contributed by atoms with Crippen LogP contribution in [0.1, 0.15) is 23.7 Å². The second kappa shape index (κ2) is 6.91. The van der Waals surface area contributed by atoms with E-state index < -0.39 is 5.82 Å². The lowest BCUT2D eigenvalue weighted by molar-refractivity contribution is 0.0935. The van der Waals surface area contributed by atoms with Crippen LogP contribution in [0, 0.1) is 5.82 Å². The van der Waals surface area contributed by atoms with Crippen LogP contribution in [-0.4, -0.2) is 24.0 Å². The number of hydrogen-bond donors (Lipinski definition) is 2. The summed E-state index contributed by atoms with van der Waals surface area (Å²) in [6, 6.07) is 4.25. The Morgan fingerprint density at radius 3 is 2.94 bits per heavy atom. The molecule has 0 aliphatic carbocycles. The minimum absolute atomic E-state index is 0.0397. The van der Waals surface area contributed by atoms with E-state index in [1.54, 1.807) is 11.8 Å². The number of amides is 1. The number of carbonyl (C=O) groups is 1. The molecule has 0 fully saturated rings. The molecule has 2 nitrogen and oxygen atoms in total. The quantitative estimate of drug-likeness (QED) is 0.808. The lowest BCUT2D eigenvalue weighted by Crippen LogP contribution is -2.33. The van der Waals surface area contributed by atoms with Gasteiger partial charge in [-0.25, -0.2) is 4.39 Å². The van der Waals surface area contributed by atoms with Crippen molar-refractivity contribution in [2.45, 2.75) is 24.3 Å². The van der Waals surface area contributed by atoms with Gasteiger partial charge in [0.2, 0.25) is 0 Å². The standard InChI is InChI=1S/C12H16FNOS2/c1-8(5-6-17-2)14-12(15)10-7-9(16)3-4-11(10)13/h3-4,7-8,16H,5-6H2,1-2H3,(H,14,15). The van der Waals surface area contributed by atoms with Crippen LogP contribution in [0.5, 0.6) is 0 Å². The lowest BCUT2D eigenvalue weighted by Gasteiger charge is -2.13. The molecule has 1 amide bonds. The van der Waals surface area contributed by atoms with E-state index in [4.69, 9.17) is 0 Å². The van der Waals surface area contributed by atoms with Gasteiger partial charge in [-0.15, -0.1) is 12.6 Å². The van der Waals surface area contributed by atoms with Crippen molar-refractivity contribution >= 4 is 30.3 Å². The molecular weight excluding hydrogens is 257 g/mol. The first-order valence-electron chi connectivity index (χ1n) is 5.33. The van der Waals surface area contributed by atoms with E-state index in [0.717, 1.165) is 12.2 Å². The molecule has 0 aliphatic heterocycles. The van der Waals surface area contributed by atoms with E-state index in [0.29, 0.717) is 4.90 Å². The molecule has 1 atom stereocenters. The van der Waals surface area contributed by atoms with Crippen LogP contribution in [-0.2, 0) is 0 Å². The predicted octanol–water partition coefficient (Wildman–Crippen LogP) is 2.99. The Labute approximate surface area is 111 Å². The largest absolute Gasteiger partial charge is 0.349 e. The predicted molar refractivity (Wildman–Crippen MR) is 73.6 cm³/mol. The monoisotopic (exact) mass is 273 g/mol. The average Bonchev–Trinajstić information content (AvgIpc) is 2.29. The maximum Gasteiger partial charge on any atom is 0.254 e. The van der Waals surface area contributed by atoms with Crippen LogP contribution >= 0.6 is 24.4 Å². The number of carbonyl (C=O) groups excluding carboxylic acids is 1. The SMILES string of the molecule is CSCCC(C)NC(=O)c1cc(S)ccc1F. The van der Waals surface area contributed by atoms with Crippen LogP contribution in [0.3, 0.4) is 0 Å². The fourth-order valence-electron chi connectivity index (χ4n) is 1.36. The third kappa shape index (κ3) is 4.60. The van der Waals surface area contributed by atoms with Crippen molar-refractivity contribution in [1.29, 1.82) is 0 Å². The minimum Gasteiger partial charge on any atom is -0.349 e. The molecular formula is C12H16FNOS2. The summed E-state index contributed by atoms with van der Waals surface area (Å²) in [5.41, 5.74) is 0.0495. The second-order valence-corrected chi connectivity index (χ2v) is 5.32. The van der Waals surface area contributed by atoms with Crippen molar-refractivity contribution in [3.8, 4) is 0 Å². The molecule has 0 bridgehead atoms. The van der Waals surface area contributed by atoms with E-state index in [9.17, 15) is 9.18 Å². The Morgan fingerprint density at radius 2 is 2.29 bits per heavy atom. The second-order valence-electron chi connectivity index (χ2n) is 3.82. The molecule has 0 saturated heterocycles. The first kappa shape index (κ1) is 14.4. The Hall–Kier alpha value is -0.680. The van der Waals surface area contributed by atoms with Gasteiger partial charge in [0.15, 0.2) is 0 Å². The van der Waals surface area contributed by atoms with Crippen molar-refractivity contribution in [1.82, 2.24) is 5.32 Å². The average molecular weight is 273 g/mol. The van der Waals surface area contributed by atoms with Crippen molar-refractivity contribution < 1.29 is 9.18 Å². The van der Waals surface area contributed by atoms with Gasteiger partial charge in [-0.3, -0.25) is 4.79 Å². The zero-order valence-corrected chi connectivity index (χ0v) is 11.6. The summed E-state index contributed by atoms with van der Waals surface area (Å²) in [6.45, 7) is 1.91. The molecule has 1 unspecified atom stereocenters. The lowest BCUT2D eigenvalue weighted by atomic mass is 10.1. The highest BCUT2D eigenvalue weighted by molar-refractivity contribution is 7.98. The Balaban J connectivity index is 2.66. The highest BCUT2D eigenvalue weighted by Gasteiger charge is 2.14. The highest BCUT2D eigenvalue weighted by Crippen LogP contribution is 2.13. The van der Waals surface area contributed by atoms with Crippen molar-refractivity contribution in [2.24, 2.45) is 0 Å². The number of nitrogens with one attached hydrogen (secondary N) is 1. The first-order chi connectivity index (χ1) is 8.04. The minimum atomic E-state index is -0.516. The number of hydrogen-bond acceptors (Lipinski definition) is 3. The van der Waals surface area contributed by atoms with Gasteiger partial charge in [0, 0.05) is 10.9 Å². The Kier molecular flexibility index (Phi) is 5.85.